The van der Waals surface area contributed by atoms with Crippen LogP contribution in [0.2, 0.25) is 0 Å². The number of nitrogen functional groups attached to an aromatic ring is 1. The molecule has 0 amide bonds. The van der Waals surface area contributed by atoms with Crippen LogP contribution >= 0.6 is 0 Å². The minimum Gasteiger partial charge on any atom is -0.491 e. The number of benzene rings is 2. The van der Waals surface area contributed by atoms with Gasteiger partial charge in [-0.15, -0.1) is 0 Å². The third kappa shape index (κ3) is 4.31. The summed E-state index contributed by atoms with van der Waals surface area (Å²) in [6, 6.07) is 12.9. The van der Waals surface area contributed by atoms with Crippen molar-refractivity contribution in [3.63, 3.8) is 0 Å². The highest BCUT2D eigenvalue weighted by molar-refractivity contribution is 5.52. The first-order valence-electron chi connectivity index (χ1n) is 7.05. The van der Waals surface area contributed by atoms with E-state index >= 15 is 0 Å². The molecule has 0 heterocycles. The van der Waals surface area contributed by atoms with Gasteiger partial charge in [-0.1, -0.05) is 12.1 Å². The van der Waals surface area contributed by atoms with Crippen molar-refractivity contribution < 1.29 is 14.2 Å². The van der Waals surface area contributed by atoms with Crippen LogP contribution in [0.15, 0.2) is 42.5 Å². The molecule has 4 nitrogen and oxygen atoms in total. The van der Waals surface area contributed by atoms with Crippen molar-refractivity contribution in [2.45, 2.75) is 26.9 Å². The number of rotatable bonds is 6. The van der Waals surface area contributed by atoms with Gasteiger partial charge < -0.3 is 19.9 Å². The lowest BCUT2D eigenvalue weighted by atomic mass is 10.2. The van der Waals surface area contributed by atoms with Gasteiger partial charge in [-0.25, -0.2) is 0 Å². The summed E-state index contributed by atoms with van der Waals surface area (Å²) in [4.78, 5) is 0. The zero-order valence-electron chi connectivity index (χ0n) is 12.6. The predicted molar refractivity (Wildman–Crippen MR) is 84.3 cm³/mol. The number of hydrogen-bond donors (Lipinski definition) is 1. The number of anilines is 1. The van der Waals surface area contributed by atoms with Crippen LogP contribution in [0, 0.1) is 0 Å². The van der Waals surface area contributed by atoms with E-state index < -0.39 is 0 Å². The number of nitrogens with two attached hydrogens (primary N) is 1. The Bertz CT molecular complexity index is 596. The summed E-state index contributed by atoms with van der Waals surface area (Å²) in [5.41, 5.74) is 6.49. The van der Waals surface area contributed by atoms with E-state index in [0.29, 0.717) is 35.3 Å². The molecule has 112 valence electrons. The molecule has 0 atom stereocenters. The third-order valence-corrected chi connectivity index (χ3v) is 2.65. The van der Waals surface area contributed by atoms with Crippen molar-refractivity contribution in [2.24, 2.45) is 0 Å². The number of hydrogen-bond acceptors (Lipinski definition) is 4. The fourth-order valence-corrected chi connectivity index (χ4v) is 1.93. The standard InChI is InChI=1S/C17H21NO3/c1-4-19-16-7-5-6-8-17(16)21-15-10-13(18)9-14(11-15)20-12(2)3/h5-12H,4,18H2,1-3H3. The van der Waals surface area contributed by atoms with Crippen molar-refractivity contribution in [1.29, 1.82) is 0 Å². The molecule has 0 fully saturated rings. The van der Waals surface area contributed by atoms with E-state index in [-0.39, 0.29) is 6.10 Å². The third-order valence-electron chi connectivity index (χ3n) is 2.65. The van der Waals surface area contributed by atoms with Crippen LogP contribution in [0.1, 0.15) is 20.8 Å². The van der Waals surface area contributed by atoms with Gasteiger partial charge in [0.05, 0.1) is 12.7 Å². The van der Waals surface area contributed by atoms with Gasteiger partial charge in [-0.2, -0.15) is 0 Å². The highest BCUT2D eigenvalue weighted by Crippen LogP contribution is 2.34. The fraction of sp³-hybridized carbons (Fsp3) is 0.294. The maximum absolute atomic E-state index is 5.89. The monoisotopic (exact) mass is 287 g/mol. The molecule has 2 aromatic rings. The van der Waals surface area contributed by atoms with Crippen LogP contribution < -0.4 is 19.9 Å². The van der Waals surface area contributed by atoms with Gasteiger partial charge in [0, 0.05) is 23.9 Å². The predicted octanol–water partition coefficient (Wildman–Crippen LogP) is 4.25. The van der Waals surface area contributed by atoms with Crippen LogP contribution in [-0.2, 0) is 0 Å². The molecule has 0 saturated carbocycles. The zero-order valence-corrected chi connectivity index (χ0v) is 12.6. The van der Waals surface area contributed by atoms with E-state index in [9.17, 15) is 0 Å². The summed E-state index contributed by atoms with van der Waals surface area (Å²) in [7, 11) is 0. The smallest absolute Gasteiger partial charge is 0.169 e. The van der Waals surface area contributed by atoms with Crippen LogP contribution in [-0.4, -0.2) is 12.7 Å². The second-order valence-corrected chi connectivity index (χ2v) is 4.89. The molecule has 0 unspecified atom stereocenters. The Labute approximate surface area is 125 Å². The molecule has 4 heteroatoms. The molecule has 0 aliphatic rings. The lowest BCUT2D eigenvalue weighted by molar-refractivity contribution is 0.241. The average molecular weight is 287 g/mol. The Hall–Kier alpha value is -2.36. The molecule has 0 aromatic heterocycles. The van der Waals surface area contributed by atoms with E-state index in [0.717, 1.165) is 0 Å². The van der Waals surface area contributed by atoms with Crippen LogP contribution in [0.25, 0.3) is 0 Å². The van der Waals surface area contributed by atoms with Crippen molar-refractivity contribution in [3.8, 4) is 23.0 Å². The zero-order chi connectivity index (χ0) is 15.2. The van der Waals surface area contributed by atoms with Gasteiger partial charge in [-0.3, -0.25) is 0 Å². The molecular formula is C17H21NO3. The molecule has 0 saturated heterocycles. The maximum atomic E-state index is 5.89. The van der Waals surface area contributed by atoms with Gasteiger partial charge in [0.2, 0.25) is 0 Å². The van der Waals surface area contributed by atoms with Crippen LogP contribution in [0.5, 0.6) is 23.0 Å². The number of ether oxygens (including phenoxy) is 3. The molecule has 0 bridgehead atoms. The minimum absolute atomic E-state index is 0.0790. The van der Waals surface area contributed by atoms with Crippen molar-refractivity contribution in [1.82, 2.24) is 0 Å². The van der Waals surface area contributed by atoms with E-state index in [1.54, 1.807) is 12.1 Å². The van der Waals surface area contributed by atoms with Gasteiger partial charge in [-0.05, 0) is 32.9 Å². The maximum Gasteiger partial charge on any atom is 0.169 e. The molecule has 2 aromatic carbocycles. The minimum atomic E-state index is 0.0790. The average Bonchev–Trinajstić information content (AvgIpc) is 2.40. The topological polar surface area (TPSA) is 53.7 Å². The molecular weight excluding hydrogens is 266 g/mol. The Balaban J connectivity index is 2.25. The highest BCUT2D eigenvalue weighted by Gasteiger charge is 2.08. The first-order chi connectivity index (χ1) is 10.1. The van der Waals surface area contributed by atoms with E-state index in [2.05, 4.69) is 0 Å². The van der Waals surface area contributed by atoms with E-state index in [1.807, 2.05) is 51.1 Å². The first kappa shape index (κ1) is 15.0. The quantitative estimate of drug-likeness (QED) is 0.807. The molecule has 0 radical (unpaired) electrons. The van der Waals surface area contributed by atoms with Gasteiger partial charge >= 0.3 is 0 Å². The summed E-state index contributed by atoms with van der Waals surface area (Å²) >= 11 is 0. The van der Waals surface area contributed by atoms with Crippen LogP contribution in [0.3, 0.4) is 0 Å². The Kier molecular flexibility index (Phi) is 4.93. The lowest BCUT2D eigenvalue weighted by Gasteiger charge is -2.14. The van der Waals surface area contributed by atoms with Crippen LogP contribution in [0.4, 0.5) is 5.69 Å². The molecule has 0 spiro atoms. The SMILES string of the molecule is CCOc1ccccc1Oc1cc(N)cc(OC(C)C)c1. The van der Waals surface area contributed by atoms with Crippen molar-refractivity contribution in [3.05, 3.63) is 42.5 Å². The number of para-hydroxylation sites is 2. The largest absolute Gasteiger partial charge is 0.491 e. The van der Waals surface area contributed by atoms with Crippen molar-refractivity contribution in [2.75, 3.05) is 12.3 Å². The molecule has 0 aliphatic carbocycles. The summed E-state index contributed by atoms with van der Waals surface area (Å²) in [6.45, 7) is 6.45. The van der Waals surface area contributed by atoms with Gasteiger partial charge in [0.15, 0.2) is 11.5 Å². The van der Waals surface area contributed by atoms with Gasteiger partial charge in [0.1, 0.15) is 11.5 Å². The normalized spacial score (nSPS) is 10.5. The summed E-state index contributed by atoms with van der Waals surface area (Å²) in [6.07, 6.45) is 0.0790. The second-order valence-electron chi connectivity index (χ2n) is 4.89. The summed E-state index contributed by atoms with van der Waals surface area (Å²) in [5.74, 6) is 2.67. The van der Waals surface area contributed by atoms with Crippen molar-refractivity contribution >= 4 is 5.69 Å². The summed E-state index contributed by atoms with van der Waals surface area (Å²) in [5, 5.41) is 0. The van der Waals surface area contributed by atoms with E-state index in [1.165, 1.54) is 0 Å². The van der Waals surface area contributed by atoms with Gasteiger partial charge in [0.25, 0.3) is 0 Å². The molecule has 21 heavy (non-hydrogen) atoms. The Morgan fingerprint density at radius 3 is 2.33 bits per heavy atom. The molecule has 2 N–H and O–H groups in total. The molecule has 0 aliphatic heterocycles. The first-order valence-corrected chi connectivity index (χ1v) is 7.05. The fourth-order valence-electron chi connectivity index (χ4n) is 1.93. The lowest BCUT2D eigenvalue weighted by Crippen LogP contribution is -2.06. The van der Waals surface area contributed by atoms with E-state index in [4.69, 9.17) is 19.9 Å². The highest BCUT2D eigenvalue weighted by atomic mass is 16.5. The Morgan fingerprint density at radius 1 is 1.00 bits per heavy atom. The second kappa shape index (κ2) is 6.88. The molecule has 2 rings (SSSR count). The Morgan fingerprint density at radius 2 is 1.67 bits per heavy atom. The summed E-state index contributed by atoms with van der Waals surface area (Å²) < 4.78 is 17.1.